The second kappa shape index (κ2) is 14.0. The minimum Gasteiger partial charge on any atom is -0.347 e. The number of likely N-dealkylation sites (tertiary alicyclic amines) is 1. The Morgan fingerprint density at radius 2 is 1.48 bits per heavy atom. The number of rotatable bonds is 12. The molecule has 0 aromatic rings. The molecule has 0 bridgehead atoms. The first-order valence-corrected chi connectivity index (χ1v) is 21.1. The first-order valence-electron chi connectivity index (χ1n) is 19.4. The van der Waals surface area contributed by atoms with Crippen LogP contribution in [0.15, 0.2) is 0 Å². The van der Waals surface area contributed by atoms with Gasteiger partial charge in [-0.1, -0.05) is 72.6 Å². The predicted octanol–water partition coefficient (Wildman–Crippen LogP) is 3.52. The van der Waals surface area contributed by atoms with Crippen molar-refractivity contribution in [1.29, 1.82) is 0 Å². The van der Waals surface area contributed by atoms with Gasteiger partial charge >= 0.3 is 6.03 Å². The van der Waals surface area contributed by atoms with Gasteiger partial charge in [0.25, 0.3) is 5.91 Å². The molecule has 4 saturated carbocycles. The Labute approximate surface area is 297 Å². The predicted molar refractivity (Wildman–Crippen MR) is 189 cm³/mol. The molecule has 13 heteroatoms. The van der Waals surface area contributed by atoms with Crippen LogP contribution < -0.4 is 21.3 Å². The zero-order valence-corrected chi connectivity index (χ0v) is 31.3. The summed E-state index contributed by atoms with van der Waals surface area (Å²) in [5.41, 5.74) is -1.61. The number of carbonyl (C=O) groups is 5. The van der Waals surface area contributed by atoms with Gasteiger partial charge in [0, 0.05) is 12.6 Å². The maximum Gasteiger partial charge on any atom is 0.315 e. The number of Topliss-reactive ketones (excluding diaryl/α,β-unsaturated/α-hetero) is 1. The van der Waals surface area contributed by atoms with Crippen LogP contribution in [0.25, 0.3) is 0 Å². The lowest BCUT2D eigenvalue weighted by Gasteiger charge is -2.45. The maximum atomic E-state index is 14.9. The van der Waals surface area contributed by atoms with Gasteiger partial charge in [-0.15, -0.1) is 0 Å². The first-order chi connectivity index (χ1) is 23.6. The number of nitrogens with zero attached hydrogens (tertiary/aromatic N) is 1. The monoisotopic (exact) mass is 717 g/mol. The lowest BCUT2D eigenvalue weighted by Crippen LogP contribution is -2.66. The number of urea groups is 1. The van der Waals surface area contributed by atoms with Gasteiger partial charge in [0.1, 0.15) is 12.1 Å². The van der Waals surface area contributed by atoms with Gasteiger partial charge in [0.2, 0.25) is 17.6 Å². The third-order valence-electron chi connectivity index (χ3n) is 13.4. The number of piperidine rings is 1. The van der Waals surface area contributed by atoms with Gasteiger partial charge < -0.3 is 26.2 Å². The van der Waals surface area contributed by atoms with E-state index in [0.717, 1.165) is 64.2 Å². The van der Waals surface area contributed by atoms with E-state index >= 15 is 0 Å². The molecule has 0 spiro atoms. The molecule has 280 valence electrons. The highest BCUT2D eigenvalue weighted by molar-refractivity contribution is 7.92. The molecule has 6 atom stereocenters. The number of ketones is 1. The Kier molecular flexibility index (Phi) is 10.4. The fraction of sp³-hybridized carbons (Fsp3) is 0.865. The van der Waals surface area contributed by atoms with E-state index in [0.29, 0.717) is 45.1 Å². The molecule has 5 amide bonds. The molecule has 6 fully saturated rings. The van der Waals surface area contributed by atoms with Crippen LogP contribution >= 0.6 is 0 Å². The van der Waals surface area contributed by atoms with Crippen molar-refractivity contribution in [2.75, 3.05) is 12.3 Å². The van der Waals surface area contributed by atoms with E-state index < -0.39 is 67.8 Å². The van der Waals surface area contributed by atoms with Gasteiger partial charge in [-0.25, -0.2) is 13.2 Å². The minimum atomic E-state index is -3.35. The van der Waals surface area contributed by atoms with Crippen molar-refractivity contribution >= 4 is 39.4 Å². The third kappa shape index (κ3) is 7.18. The van der Waals surface area contributed by atoms with Crippen LogP contribution in [0.3, 0.4) is 0 Å². The number of nitrogens with one attached hydrogen (secondary N) is 4. The topological polar surface area (TPSA) is 171 Å². The van der Waals surface area contributed by atoms with Crippen LogP contribution in [0.2, 0.25) is 0 Å². The summed E-state index contributed by atoms with van der Waals surface area (Å²) in [5.74, 6) is -1.99. The standard InChI is InChI=1S/C37H59N5O7S/c1-5-13-25(29(43)32(45)38-23-15-16-23)39-31(44)28-27-24(35(27,2)3)22-42(28)33(46)30(36(4)17-8-6-9-18-36)40-34(47)41-37(19-10-7-11-20-37)26-14-12-21-50(26,48)49/h23-28,30H,5-22H2,1-4H3,(H,38,45)(H,39,44)(H2,40,41,47)/t24-,25-,26-,27-,28-,30+/m0/s1. The van der Waals surface area contributed by atoms with Gasteiger partial charge in [-0.2, -0.15) is 0 Å². The molecule has 6 rings (SSSR count). The van der Waals surface area contributed by atoms with Crippen molar-refractivity contribution in [1.82, 2.24) is 26.2 Å². The minimum absolute atomic E-state index is 0.0127. The number of fused-ring (bicyclic) bond motifs is 1. The van der Waals surface area contributed by atoms with Crippen LogP contribution in [-0.4, -0.2) is 90.1 Å². The number of hydrogen-bond donors (Lipinski definition) is 4. The molecule has 6 aliphatic rings. The molecule has 0 aromatic heterocycles. The summed E-state index contributed by atoms with van der Waals surface area (Å²) >= 11 is 0. The summed E-state index contributed by atoms with van der Waals surface area (Å²) in [7, 11) is -3.35. The van der Waals surface area contributed by atoms with Gasteiger partial charge in [-0.3, -0.25) is 19.2 Å². The Bertz CT molecular complexity index is 1460. The van der Waals surface area contributed by atoms with Crippen molar-refractivity contribution < 1.29 is 32.4 Å². The van der Waals surface area contributed by atoms with Crippen molar-refractivity contribution in [2.24, 2.45) is 22.7 Å². The highest BCUT2D eigenvalue weighted by Crippen LogP contribution is 2.65. The van der Waals surface area contributed by atoms with E-state index in [9.17, 15) is 32.4 Å². The number of hydrogen-bond acceptors (Lipinski definition) is 7. The fourth-order valence-corrected chi connectivity index (χ4v) is 12.5. The second-order valence-electron chi connectivity index (χ2n) is 17.3. The molecule has 4 aliphatic carbocycles. The average molecular weight is 718 g/mol. The fourth-order valence-electron chi connectivity index (χ4n) is 10.1. The highest BCUT2D eigenvalue weighted by Gasteiger charge is 2.70. The average Bonchev–Trinajstić information content (AvgIpc) is 3.85. The Hall–Kier alpha value is -2.70. The van der Waals surface area contributed by atoms with E-state index in [-0.39, 0.29) is 35.0 Å². The summed E-state index contributed by atoms with van der Waals surface area (Å²) in [6.45, 7) is 8.48. The zero-order valence-electron chi connectivity index (χ0n) is 30.5. The summed E-state index contributed by atoms with van der Waals surface area (Å²) in [6.07, 6.45) is 11.9. The van der Waals surface area contributed by atoms with Crippen LogP contribution in [-0.2, 0) is 29.0 Å². The molecule has 12 nitrogen and oxygen atoms in total. The zero-order chi connectivity index (χ0) is 36.1. The van der Waals surface area contributed by atoms with Gasteiger partial charge in [0.05, 0.1) is 22.6 Å². The number of carbonyl (C=O) groups excluding carboxylic acids is 5. The van der Waals surface area contributed by atoms with E-state index in [2.05, 4.69) is 35.1 Å². The van der Waals surface area contributed by atoms with Crippen LogP contribution in [0.1, 0.15) is 130 Å². The van der Waals surface area contributed by atoms with Crippen LogP contribution in [0.5, 0.6) is 0 Å². The molecule has 2 aliphatic heterocycles. The molecule has 4 N–H and O–H groups in total. The lowest BCUT2D eigenvalue weighted by molar-refractivity contribution is -0.146. The molecule has 2 heterocycles. The third-order valence-corrected chi connectivity index (χ3v) is 15.8. The van der Waals surface area contributed by atoms with Crippen LogP contribution in [0.4, 0.5) is 4.79 Å². The van der Waals surface area contributed by atoms with Gasteiger partial charge in [0.15, 0.2) is 9.84 Å². The summed E-state index contributed by atoms with van der Waals surface area (Å²) in [6, 6.07) is -3.26. The summed E-state index contributed by atoms with van der Waals surface area (Å²) in [5, 5.41) is 11.2. The lowest BCUT2D eigenvalue weighted by atomic mass is 9.70. The number of sulfone groups is 1. The first kappa shape index (κ1) is 37.1. The van der Waals surface area contributed by atoms with Crippen molar-refractivity contribution in [3.05, 3.63) is 0 Å². The Morgan fingerprint density at radius 1 is 0.840 bits per heavy atom. The normalized spacial score (nSPS) is 31.4. The Balaban J connectivity index is 1.24. The van der Waals surface area contributed by atoms with Crippen molar-refractivity contribution in [3.8, 4) is 0 Å². The smallest absolute Gasteiger partial charge is 0.315 e. The largest absolute Gasteiger partial charge is 0.347 e. The molecule has 0 unspecified atom stereocenters. The quantitative estimate of drug-likeness (QED) is 0.224. The second-order valence-corrected chi connectivity index (χ2v) is 19.6. The van der Waals surface area contributed by atoms with E-state index in [1.165, 1.54) is 0 Å². The summed E-state index contributed by atoms with van der Waals surface area (Å²) < 4.78 is 26.3. The maximum absolute atomic E-state index is 14.9. The van der Waals surface area contributed by atoms with E-state index in [1.807, 2.05) is 13.8 Å². The molecule has 2 saturated heterocycles. The number of amides is 5. The highest BCUT2D eigenvalue weighted by atomic mass is 32.2. The molecule has 50 heavy (non-hydrogen) atoms. The molecular weight excluding hydrogens is 659 g/mol. The summed E-state index contributed by atoms with van der Waals surface area (Å²) in [4.78, 5) is 70.7. The van der Waals surface area contributed by atoms with E-state index in [1.54, 1.807) is 4.90 Å². The van der Waals surface area contributed by atoms with Gasteiger partial charge in [-0.05, 0) is 80.5 Å². The SMILES string of the molecule is CCC[C@H](NC(=O)[C@@H]1[C@@H]2[C@H](CN1C(=O)[C@@H](NC(=O)NC1([C@@H]3CCCS3(=O)=O)CCCCC1)C1(C)CCCCC1)C2(C)C)C(=O)C(=O)NC1CC1. The Morgan fingerprint density at radius 3 is 2.06 bits per heavy atom. The van der Waals surface area contributed by atoms with E-state index in [4.69, 9.17) is 0 Å². The molecule has 0 aromatic carbocycles. The van der Waals surface area contributed by atoms with Crippen molar-refractivity contribution in [2.45, 2.75) is 165 Å². The molecule has 0 radical (unpaired) electrons. The van der Waals surface area contributed by atoms with Crippen LogP contribution in [0, 0.1) is 22.7 Å². The molecular formula is C37H59N5O7S. The van der Waals surface area contributed by atoms with Crippen molar-refractivity contribution in [3.63, 3.8) is 0 Å².